The van der Waals surface area contributed by atoms with E-state index in [1.807, 2.05) is 6.07 Å². The van der Waals surface area contributed by atoms with Crippen LogP contribution < -0.4 is 4.74 Å². The van der Waals surface area contributed by atoms with Gasteiger partial charge in [0.2, 0.25) is 5.88 Å². The van der Waals surface area contributed by atoms with Crippen molar-refractivity contribution in [3.63, 3.8) is 0 Å². The number of hydrogen-bond donors (Lipinski definition) is 0. The van der Waals surface area contributed by atoms with Gasteiger partial charge in [-0.1, -0.05) is 29.3 Å². The third-order valence-electron chi connectivity index (χ3n) is 2.35. The van der Waals surface area contributed by atoms with Gasteiger partial charge in [0.15, 0.2) is 0 Å². The summed E-state index contributed by atoms with van der Waals surface area (Å²) in [5, 5.41) is 9.75. The van der Waals surface area contributed by atoms with E-state index >= 15 is 0 Å². The van der Waals surface area contributed by atoms with Gasteiger partial charge in [-0.25, -0.2) is 4.98 Å². The van der Waals surface area contributed by atoms with Gasteiger partial charge in [0.1, 0.15) is 6.61 Å². The van der Waals surface area contributed by atoms with Crippen LogP contribution in [0.1, 0.15) is 11.3 Å². The second kappa shape index (κ2) is 6.42. The quantitative estimate of drug-likeness (QED) is 0.854. The van der Waals surface area contributed by atoms with Gasteiger partial charge < -0.3 is 4.74 Å². The van der Waals surface area contributed by atoms with E-state index in [0.29, 0.717) is 28.2 Å². The number of nitriles is 1. The first kappa shape index (κ1) is 13.7. The molecule has 5 heteroatoms. The highest BCUT2D eigenvalue weighted by atomic mass is 35.5. The molecule has 0 bridgehead atoms. The molecule has 0 aliphatic carbocycles. The Bertz CT molecular complexity index is 603. The highest BCUT2D eigenvalue weighted by Crippen LogP contribution is 2.20. The fourth-order valence-electron chi connectivity index (χ4n) is 1.57. The van der Waals surface area contributed by atoms with E-state index in [4.69, 9.17) is 33.2 Å². The fourth-order valence-corrected chi connectivity index (χ4v) is 2.14. The summed E-state index contributed by atoms with van der Waals surface area (Å²) in [6, 6.07) is 12.6. The molecule has 0 saturated carbocycles. The summed E-state index contributed by atoms with van der Waals surface area (Å²) < 4.78 is 5.55. The van der Waals surface area contributed by atoms with E-state index in [9.17, 15) is 0 Å². The lowest BCUT2D eigenvalue weighted by Crippen LogP contribution is -1.99. The zero-order valence-corrected chi connectivity index (χ0v) is 11.4. The van der Waals surface area contributed by atoms with Gasteiger partial charge in [-0.2, -0.15) is 5.26 Å². The molecule has 0 unspecified atom stereocenters. The van der Waals surface area contributed by atoms with Gasteiger partial charge in [0.05, 0.1) is 18.2 Å². The average molecular weight is 293 g/mol. The van der Waals surface area contributed by atoms with Gasteiger partial charge in [0.25, 0.3) is 0 Å². The molecule has 0 aliphatic heterocycles. The summed E-state index contributed by atoms with van der Waals surface area (Å²) in [6.45, 7) is 0.323. The minimum Gasteiger partial charge on any atom is -0.473 e. The number of nitrogens with zero attached hydrogens (tertiary/aromatic N) is 2. The van der Waals surface area contributed by atoms with E-state index in [-0.39, 0.29) is 6.42 Å². The van der Waals surface area contributed by atoms with Crippen LogP contribution >= 0.6 is 23.2 Å². The molecule has 2 aromatic rings. The van der Waals surface area contributed by atoms with E-state index in [2.05, 4.69) is 4.98 Å². The second-order valence-electron chi connectivity index (χ2n) is 3.87. The first-order valence-electron chi connectivity index (χ1n) is 5.58. The van der Waals surface area contributed by atoms with Crippen molar-refractivity contribution in [3.8, 4) is 11.9 Å². The van der Waals surface area contributed by atoms with Crippen LogP contribution in [0.4, 0.5) is 0 Å². The number of aromatic nitrogens is 1. The fraction of sp³-hybridized carbons (Fsp3) is 0.143. The lowest BCUT2D eigenvalue weighted by Gasteiger charge is -2.07. The Morgan fingerprint density at radius 1 is 1.16 bits per heavy atom. The molecule has 1 aromatic heterocycles. The van der Waals surface area contributed by atoms with Crippen LogP contribution in [0, 0.1) is 11.3 Å². The first-order valence-corrected chi connectivity index (χ1v) is 6.33. The third-order valence-corrected chi connectivity index (χ3v) is 2.79. The number of ether oxygens (including phenoxy) is 1. The van der Waals surface area contributed by atoms with Crippen molar-refractivity contribution in [3.05, 3.63) is 57.7 Å². The van der Waals surface area contributed by atoms with E-state index < -0.39 is 0 Å². The van der Waals surface area contributed by atoms with Crippen LogP contribution in [0.15, 0.2) is 36.4 Å². The first-order chi connectivity index (χ1) is 9.17. The standard InChI is InChI=1S/C14H10Cl2N2O/c15-11-6-10(7-12(16)8-11)9-19-14-3-1-2-13(18-14)4-5-17/h1-3,6-8H,4,9H2. The lowest BCUT2D eigenvalue weighted by molar-refractivity contribution is 0.293. The van der Waals surface area contributed by atoms with Crippen LogP contribution in [0.25, 0.3) is 0 Å². The predicted molar refractivity (Wildman–Crippen MR) is 74.3 cm³/mol. The summed E-state index contributed by atoms with van der Waals surface area (Å²) in [5.74, 6) is 0.476. The molecule has 96 valence electrons. The number of hydrogen-bond acceptors (Lipinski definition) is 3. The molecule has 3 nitrogen and oxygen atoms in total. The highest BCUT2D eigenvalue weighted by Gasteiger charge is 2.02. The zero-order valence-electron chi connectivity index (χ0n) is 9.94. The van der Waals surface area contributed by atoms with Gasteiger partial charge in [-0.3, -0.25) is 0 Å². The maximum absolute atomic E-state index is 8.62. The molecule has 0 fully saturated rings. The van der Waals surface area contributed by atoms with E-state index in [1.165, 1.54) is 0 Å². The molecule has 0 radical (unpaired) electrons. The molecular formula is C14H10Cl2N2O. The predicted octanol–water partition coefficient (Wildman–Crippen LogP) is 4.03. The summed E-state index contributed by atoms with van der Waals surface area (Å²) in [4.78, 5) is 4.21. The Morgan fingerprint density at radius 3 is 2.58 bits per heavy atom. The van der Waals surface area contributed by atoms with Crippen LogP contribution in [-0.4, -0.2) is 4.98 Å². The van der Waals surface area contributed by atoms with Crippen LogP contribution in [-0.2, 0) is 13.0 Å². The van der Waals surface area contributed by atoms with Crippen molar-refractivity contribution < 1.29 is 4.74 Å². The van der Waals surface area contributed by atoms with Crippen LogP contribution in [0.5, 0.6) is 5.88 Å². The molecule has 0 aliphatic rings. The Hall–Kier alpha value is -1.76. The van der Waals surface area contributed by atoms with Gasteiger partial charge in [0, 0.05) is 16.1 Å². The maximum atomic E-state index is 8.62. The molecule has 0 atom stereocenters. The molecular weight excluding hydrogens is 283 g/mol. The van der Waals surface area contributed by atoms with Crippen molar-refractivity contribution in [2.75, 3.05) is 0 Å². The van der Waals surface area contributed by atoms with Crippen molar-refractivity contribution in [2.24, 2.45) is 0 Å². The smallest absolute Gasteiger partial charge is 0.213 e. The van der Waals surface area contributed by atoms with Crippen LogP contribution in [0.2, 0.25) is 10.0 Å². The lowest BCUT2D eigenvalue weighted by atomic mass is 10.2. The Balaban J connectivity index is 2.06. The summed E-state index contributed by atoms with van der Waals surface area (Å²) in [5.41, 5.74) is 1.55. The SMILES string of the molecule is N#CCc1cccc(OCc2cc(Cl)cc(Cl)c2)n1. The molecule has 0 amide bonds. The minimum atomic E-state index is 0.264. The minimum absolute atomic E-state index is 0.264. The number of pyridine rings is 1. The molecule has 0 N–H and O–H groups in total. The average Bonchev–Trinajstić information content (AvgIpc) is 2.36. The summed E-state index contributed by atoms with van der Waals surface area (Å²) in [7, 11) is 0. The van der Waals surface area contributed by atoms with Crippen molar-refractivity contribution in [1.29, 1.82) is 5.26 Å². The van der Waals surface area contributed by atoms with Crippen molar-refractivity contribution in [1.82, 2.24) is 4.98 Å². The van der Waals surface area contributed by atoms with E-state index in [1.54, 1.807) is 36.4 Å². The van der Waals surface area contributed by atoms with Gasteiger partial charge in [-0.15, -0.1) is 0 Å². The van der Waals surface area contributed by atoms with Crippen LogP contribution in [0.3, 0.4) is 0 Å². The number of halogens is 2. The molecule has 1 aromatic carbocycles. The van der Waals surface area contributed by atoms with Crippen molar-refractivity contribution in [2.45, 2.75) is 13.0 Å². The second-order valence-corrected chi connectivity index (χ2v) is 4.74. The third kappa shape index (κ3) is 4.13. The highest BCUT2D eigenvalue weighted by molar-refractivity contribution is 6.34. The largest absolute Gasteiger partial charge is 0.473 e. The summed E-state index contributed by atoms with van der Waals surface area (Å²) >= 11 is 11.8. The number of rotatable bonds is 4. The summed E-state index contributed by atoms with van der Waals surface area (Å²) in [6.07, 6.45) is 0.264. The molecule has 0 saturated heterocycles. The Kier molecular flexibility index (Phi) is 4.62. The monoisotopic (exact) mass is 292 g/mol. The zero-order chi connectivity index (χ0) is 13.7. The Morgan fingerprint density at radius 2 is 1.89 bits per heavy atom. The molecule has 19 heavy (non-hydrogen) atoms. The van der Waals surface area contributed by atoms with Gasteiger partial charge >= 0.3 is 0 Å². The molecule has 1 heterocycles. The number of benzene rings is 1. The molecule has 2 rings (SSSR count). The topological polar surface area (TPSA) is 45.9 Å². The van der Waals surface area contributed by atoms with Gasteiger partial charge in [-0.05, 0) is 29.8 Å². The van der Waals surface area contributed by atoms with Crippen molar-refractivity contribution >= 4 is 23.2 Å². The maximum Gasteiger partial charge on any atom is 0.213 e. The van der Waals surface area contributed by atoms with E-state index in [0.717, 1.165) is 5.56 Å². The normalized spacial score (nSPS) is 9.95. The molecule has 0 spiro atoms. The Labute approximate surface area is 121 Å².